The van der Waals surface area contributed by atoms with Gasteiger partial charge >= 0.3 is 0 Å². The van der Waals surface area contributed by atoms with Gasteiger partial charge in [0.2, 0.25) is 0 Å². The van der Waals surface area contributed by atoms with Crippen LogP contribution in [0.4, 0.5) is 11.5 Å². The molecule has 1 aromatic carbocycles. The molecule has 0 unspecified atom stereocenters. The highest BCUT2D eigenvalue weighted by atomic mass is 15.4. The number of fused-ring (bicyclic) bond motifs is 2. The Kier molecular flexibility index (Phi) is 2.89. The van der Waals surface area contributed by atoms with Crippen molar-refractivity contribution in [1.82, 2.24) is 19.6 Å². The van der Waals surface area contributed by atoms with Crippen LogP contribution in [0.2, 0.25) is 0 Å². The highest BCUT2D eigenvalue weighted by Crippen LogP contribution is 2.30. The number of benzene rings is 1. The quantitative estimate of drug-likeness (QED) is 0.788. The van der Waals surface area contributed by atoms with E-state index in [1.807, 2.05) is 11.4 Å². The van der Waals surface area contributed by atoms with Gasteiger partial charge < -0.3 is 5.32 Å². The molecule has 1 aliphatic carbocycles. The van der Waals surface area contributed by atoms with Gasteiger partial charge in [0.15, 0.2) is 0 Å². The molecule has 0 amide bonds. The highest BCUT2D eigenvalue weighted by molar-refractivity contribution is 5.65. The number of nitrogens with one attached hydrogen (secondary N) is 1. The maximum atomic E-state index is 4.66. The second-order valence-corrected chi connectivity index (χ2v) is 6.11. The molecular weight excluding hydrogens is 274 g/mol. The monoisotopic (exact) mass is 293 g/mol. The van der Waals surface area contributed by atoms with Gasteiger partial charge in [-0.1, -0.05) is 6.07 Å². The first-order valence-electron chi connectivity index (χ1n) is 7.70. The van der Waals surface area contributed by atoms with Gasteiger partial charge in [0, 0.05) is 11.3 Å². The van der Waals surface area contributed by atoms with Gasteiger partial charge in [0.25, 0.3) is 5.78 Å². The van der Waals surface area contributed by atoms with Crippen LogP contribution in [0.1, 0.15) is 34.6 Å². The van der Waals surface area contributed by atoms with Crippen LogP contribution in [0, 0.1) is 20.8 Å². The maximum Gasteiger partial charge on any atom is 0.254 e. The number of aryl methyl sites for hydroxylation is 4. The van der Waals surface area contributed by atoms with Crippen LogP contribution in [0.25, 0.3) is 5.78 Å². The summed E-state index contributed by atoms with van der Waals surface area (Å²) < 4.78 is 1.84. The Morgan fingerprint density at radius 3 is 2.55 bits per heavy atom. The molecule has 0 spiro atoms. The van der Waals surface area contributed by atoms with E-state index < -0.39 is 0 Å². The van der Waals surface area contributed by atoms with Gasteiger partial charge in [-0.05, 0) is 63.3 Å². The molecular formula is C17H19N5. The summed E-state index contributed by atoms with van der Waals surface area (Å²) in [5.41, 5.74) is 6.02. The number of anilines is 2. The molecule has 22 heavy (non-hydrogen) atoms. The summed E-state index contributed by atoms with van der Waals surface area (Å²) in [6.45, 7) is 6.13. The maximum absolute atomic E-state index is 4.66. The van der Waals surface area contributed by atoms with Crippen molar-refractivity contribution in [1.29, 1.82) is 0 Å². The molecule has 0 aliphatic heterocycles. The van der Waals surface area contributed by atoms with Crippen LogP contribution in [-0.4, -0.2) is 19.6 Å². The number of rotatable bonds is 2. The second-order valence-electron chi connectivity index (χ2n) is 6.11. The van der Waals surface area contributed by atoms with Crippen LogP contribution < -0.4 is 5.32 Å². The molecule has 1 N–H and O–H groups in total. The van der Waals surface area contributed by atoms with Crippen molar-refractivity contribution < 1.29 is 0 Å². The van der Waals surface area contributed by atoms with Crippen molar-refractivity contribution in [3.63, 3.8) is 0 Å². The summed E-state index contributed by atoms with van der Waals surface area (Å²) in [5, 5.41) is 8.07. The molecule has 5 heteroatoms. The first-order valence-corrected chi connectivity index (χ1v) is 7.70. The van der Waals surface area contributed by atoms with E-state index in [-0.39, 0.29) is 0 Å². The third-order valence-corrected chi connectivity index (χ3v) is 4.10. The Balaban J connectivity index is 1.89. The molecule has 3 aromatic rings. The SMILES string of the molecule is Cc1cc(C)cc(Nc2c3c(nc4nc(C)nn24)CCC3)c1. The Hall–Kier alpha value is -2.43. The first-order chi connectivity index (χ1) is 10.6. The molecule has 2 aromatic heterocycles. The van der Waals surface area contributed by atoms with E-state index in [1.54, 1.807) is 0 Å². The first kappa shape index (κ1) is 13.2. The fourth-order valence-electron chi connectivity index (χ4n) is 3.29. The fraction of sp³-hybridized carbons (Fsp3) is 0.353. The van der Waals surface area contributed by atoms with Gasteiger partial charge in [0.1, 0.15) is 11.6 Å². The normalized spacial score (nSPS) is 13.6. The summed E-state index contributed by atoms with van der Waals surface area (Å²) in [7, 11) is 0. The van der Waals surface area contributed by atoms with E-state index in [4.69, 9.17) is 0 Å². The largest absolute Gasteiger partial charge is 0.340 e. The zero-order valence-electron chi connectivity index (χ0n) is 13.1. The molecule has 2 heterocycles. The molecule has 1 aliphatic rings. The number of nitrogens with zero attached hydrogens (tertiary/aromatic N) is 4. The minimum atomic E-state index is 0.685. The van der Waals surface area contributed by atoms with Gasteiger partial charge in [-0.15, -0.1) is 5.10 Å². The third kappa shape index (κ3) is 2.13. The van der Waals surface area contributed by atoms with Crippen LogP contribution in [0.15, 0.2) is 18.2 Å². The van der Waals surface area contributed by atoms with Crippen molar-refractivity contribution in [3.8, 4) is 0 Å². The summed E-state index contributed by atoms with van der Waals surface area (Å²) >= 11 is 0. The van der Waals surface area contributed by atoms with E-state index in [9.17, 15) is 0 Å². The highest BCUT2D eigenvalue weighted by Gasteiger charge is 2.21. The Labute approximate surface area is 129 Å². The fourth-order valence-corrected chi connectivity index (χ4v) is 3.29. The Morgan fingerprint density at radius 1 is 1.00 bits per heavy atom. The lowest BCUT2D eigenvalue weighted by Gasteiger charge is -2.13. The van der Waals surface area contributed by atoms with E-state index in [1.165, 1.54) is 16.7 Å². The molecule has 0 atom stereocenters. The summed E-state index contributed by atoms with van der Waals surface area (Å²) in [6.07, 6.45) is 3.22. The second kappa shape index (κ2) is 4.80. The predicted molar refractivity (Wildman–Crippen MR) is 86.7 cm³/mol. The Bertz CT molecular complexity index is 858. The van der Waals surface area contributed by atoms with Gasteiger partial charge in [-0.2, -0.15) is 9.50 Å². The summed E-state index contributed by atoms with van der Waals surface area (Å²) in [6, 6.07) is 6.49. The summed E-state index contributed by atoms with van der Waals surface area (Å²) in [5.74, 6) is 2.45. The van der Waals surface area contributed by atoms with Gasteiger partial charge in [0.05, 0.1) is 5.69 Å². The van der Waals surface area contributed by atoms with Crippen LogP contribution in [0.3, 0.4) is 0 Å². The average molecular weight is 293 g/mol. The molecule has 112 valence electrons. The summed E-state index contributed by atoms with van der Waals surface area (Å²) in [4.78, 5) is 9.09. The molecule has 5 nitrogen and oxygen atoms in total. The van der Waals surface area contributed by atoms with Gasteiger partial charge in [-0.3, -0.25) is 0 Å². The van der Waals surface area contributed by atoms with E-state index in [0.717, 1.165) is 42.3 Å². The average Bonchev–Trinajstić information content (AvgIpc) is 3.02. The minimum absolute atomic E-state index is 0.685. The topological polar surface area (TPSA) is 55.1 Å². The minimum Gasteiger partial charge on any atom is -0.340 e. The van der Waals surface area contributed by atoms with Crippen molar-refractivity contribution in [3.05, 3.63) is 46.4 Å². The van der Waals surface area contributed by atoms with Crippen molar-refractivity contribution in [2.24, 2.45) is 0 Å². The zero-order chi connectivity index (χ0) is 15.3. The van der Waals surface area contributed by atoms with Crippen molar-refractivity contribution in [2.45, 2.75) is 40.0 Å². The van der Waals surface area contributed by atoms with E-state index >= 15 is 0 Å². The van der Waals surface area contributed by atoms with Crippen molar-refractivity contribution in [2.75, 3.05) is 5.32 Å². The molecule has 0 saturated heterocycles. The zero-order valence-corrected chi connectivity index (χ0v) is 13.1. The molecule has 0 bridgehead atoms. The molecule has 4 rings (SSSR count). The standard InChI is InChI=1S/C17H19N5/c1-10-7-11(2)9-13(8-10)19-16-14-5-4-6-15(14)20-17-18-12(3)21-22(16)17/h7-9,19H,4-6H2,1-3H3. The lowest BCUT2D eigenvalue weighted by atomic mass is 10.1. The molecule has 0 fully saturated rings. The number of aromatic nitrogens is 4. The Morgan fingerprint density at radius 2 is 1.77 bits per heavy atom. The lowest BCUT2D eigenvalue weighted by molar-refractivity contribution is 0.899. The van der Waals surface area contributed by atoms with E-state index in [2.05, 4.69) is 52.4 Å². The van der Waals surface area contributed by atoms with Crippen LogP contribution in [0.5, 0.6) is 0 Å². The predicted octanol–water partition coefficient (Wildman–Crippen LogP) is 3.28. The lowest BCUT2D eigenvalue weighted by Crippen LogP contribution is -2.07. The number of hydrogen-bond donors (Lipinski definition) is 1. The molecule has 0 saturated carbocycles. The third-order valence-electron chi connectivity index (χ3n) is 4.10. The van der Waals surface area contributed by atoms with E-state index in [0.29, 0.717) is 5.78 Å². The number of hydrogen-bond acceptors (Lipinski definition) is 4. The van der Waals surface area contributed by atoms with Crippen LogP contribution in [-0.2, 0) is 12.8 Å². The molecule has 0 radical (unpaired) electrons. The smallest absolute Gasteiger partial charge is 0.254 e. The van der Waals surface area contributed by atoms with Crippen LogP contribution >= 0.6 is 0 Å². The van der Waals surface area contributed by atoms with Crippen molar-refractivity contribution >= 4 is 17.3 Å². The van der Waals surface area contributed by atoms with Gasteiger partial charge in [-0.25, -0.2) is 4.98 Å².